The van der Waals surface area contributed by atoms with Crippen LogP contribution in [0.2, 0.25) is 0 Å². The van der Waals surface area contributed by atoms with Gasteiger partial charge in [0.2, 0.25) is 17.8 Å². The summed E-state index contributed by atoms with van der Waals surface area (Å²) in [5, 5.41) is 11.3. The highest BCUT2D eigenvalue weighted by atomic mass is 19.4. The fourth-order valence-corrected chi connectivity index (χ4v) is 5.65. The molecule has 1 saturated heterocycles. The Balaban J connectivity index is 1.36. The van der Waals surface area contributed by atoms with E-state index in [9.17, 15) is 22.8 Å². The van der Waals surface area contributed by atoms with Crippen LogP contribution in [0.25, 0.3) is 0 Å². The number of rotatable bonds is 8. The lowest BCUT2D eigenvalue weighted by atomic mass is 9.83. The van der Waals surface area contributed by atoms with Gasteiger partial charge in [-0.3, -0.25) is 9.59 Å². The molecule has 0 aliphatic carbocycles. The number of nitrogens with zero attached hydrogens (tertiary/aromatic N) is 3. The van der Waals surface area contributed by atoms with E-state index in [0.717, 1.165) is 30.3 Å². The van der Waals surface area contributed by atoms with Crippen LogP contribution in [0.5, 0.6) is 5.75 Å². The average Bonchev–Trinajstić information content (AvgIpc) is 3.23. The van der Waals surface area contributed by atoms with Crippen molar-refractivity contribution in [3.05, 3.63) is 59.3 Å². The number of methoxy groups -OCH3 is 1. The number of halogens is 3. The molecule has 0 atom stereocenters. The lowest BCUT2D eigenvalue weighted by Crippen LogP contribution is -2.39. The molecule has 13 heteroatoms. The molecule has 1 aromatic heterocycles. The smallest absolute Gasteiger partial charge is 0.421 e. The Morgan fingerprint density at radius 1 is 1.19 bits per heavy atom. The summed E-state index contributed by atoms with van der Waals surface area (Å²) in [6, 6.07) is 10.8. The second kappa shape index (κ2) is 11.6. The van der Waals surface area contributed by atoms with E-state index in [4.69, 9.17) is 4.74 Å². The highest BCUT2D eigenvalue weighted by Gasteiger charge is 2.40. The largest absolute Gasteiger partial charge is 0.494 e. The van der Waals surface area contributed by atoms with Gasteiger partial charge in [0.1, 0.15) is 17.1 Å². The maximum absolute atomic E-state index is 13.9. The number of benzene rings is 2. The number of nitrogens with one attached hydrogen (secondary N) is 4. The van der Waals surface area contributed by atoms with Crippen molar-refractivity contribution in [1.82, 2.24) is 15.3 Å². The van der Waals surface area contributed by atoms with Crippen molar-refractivity contribution in [3.63, 3.8) is 0 Å². The van der Waals surface area contributed by atoms with Crippen molar-refractivity contribution < 1.29 is 27.5 Å². The van der Waals surface area contributed by atoms with E-state index in [1.807, 2.05) is 12.1 Å². The molecule has 0 radical (unpaired) electrons. The summed E-state index contributed by atoms with van der Waals surface area (Å²) in [5.41, 5.74) is 1.59. The number of carbonyl (C=O) groups is 2. The number of aromatic nitrogens is 2. The second-order valence-electron chi connectivity index (χ2n) is 11.1. The molecule has 4 N–H and O–H groups in total. The third-order valence-electron chi connectivity index (χ3n) is 8.04. The molecule has 3 aromatic rings. The SMILES string of the molecule is CNC(=O)C1CCN(c2ccc(Nc3ncc(C(F)(F)F)c(NCc4cccc5c4C(C)(C)C(=O)N5)n3)c(OC)c2)CC1. The molecule has 0 unspecified atom stereocenters. The zero-order chi connectivity index (χ0) is 30.9. The van der Waals surface area contributed by atoms with Crippen molar-refractivity contribution >= 4 is 40.6 Å². The molecular weight excluding hydrogens is 563 g/mol. The number of piperidine rings is 1. The molecule has 2 aliphatic rings. The van der Waals surface area contributed by atoms with Gasteiger partial charge in [-0.25, -0.2) is 4.98 Å². The quantitative estimate of drug-likeness (QED) is 0.285. The molecular formula is C30H34F3N7O3. The fraction of sp³-hybridized carbons (Fsp3) is 0.400. The molecule has 5 rings (SSSR count). The highest BCUT2D eigenvalue weighted by molar-refractivity contribution is 6.06. The molecule has 43 heavy (non-hydrogen) atoms. The minimum atomic E-state index is -4.69. The van der Waals surface area contributed by atoms with Crippen LogP contribution in [-0.4, -0.2) is 49.0 Å². The normalized spacial score (nSPS) is 16.3. The van der Waals surface area contributed by atoms with Crippen LogP contribution in [0.1, 0.15) is 43.4 Å². The summed E-state index contributed by atoms with van der Waals surface area (Å²) in [7, 11) is 3.14. The van der Waals surface area contributed by atoms with Gasteiger partial charge < -0.3 is 30.9 Å². The lowest BCUT2D eigenvalue weighted by Gasteiger charge is -2.33. The van der Waals surface area contributed by atoms with Gasteiger partial charge in [-0.1, -0.05) is 12.1 Å². The van der Waals surface area contributed by atoms with Gasteiger partial charge in [0.15, 0.2) is 0 Å². The molecule has 228 valence electrons. The number of amides is 2. The van der Waals surface area contributed by atoms with Crippen molar-refractivity contribution in [3.8, 4) is 5.75 Å². The number of hydrogen-bond acceptors (Lipinski definition) is 8. The van der Waals surface area contributed by atoms with Crippen molar-refractivity contribution in [1.29, 1.82) is 0 Å². The molecule has 0 bridgehead atoms. The average molecular weight is 598 g/mol. The molecule has 2 aliphatic heterocycles. The van der Waals surface area contributed by atoms with Gasteiger partial charge >= 0.3 is 6.18 Å². The van der Waals surface area contributed by atoms with Gasteiger partial charge in [-0.2, -0.15) is 18.2 Å². The first-order valence-corrected chi connectivity index (χ1v) is 14.0. The summed E-state index contributed by atoms with van der Waals surface area (Å²) in [5.74, 6) is -0.130. The van der Waals surface area contributed by atoms with Crippen molar-refractivity contribution in [2.45, 2.75) is 44.8 Å². The van der Waals surface area contributed by atoms with Gasteiger partial charge in [-0.05, 0) is 56.0 Å². The maximum Gasteiger partial charge on any atom is 0.421 e. The van der Waals surface area contributed by atoms with Crippen molar-refractivity contribution in [2.24, 2.45) is 5.92 Å². The first-order valence-electron chi connectivity index (χ1n) is 14.0. The van der Waals surface area contributed by atoms with Gasteiger partial charge in [-0.15, -0.1) is 0 Å². The highest BCUT2D eigenvalue weighted by Crippen LogP contribution is 2.41. The Bertz CT molecular complexity index is 1540. The number of fused-ring (bicyclic) bond motifs is 1. The van der Waals surface area contributed by atoms with Crippen LogP contribution in [0.3, 0.4) is 0 Å². The third kappa shape index (κ3) is 6.02. The Morgan fingerprint density at radius 2 is 1.93 bits per heavy atom. The van der Waals surface area contributed by atoms with E-state index >= 15 is 0 Å². The lowest BCUT2D eigenvalue weighted by molar-refractivity contribution is -0.137. The first kappa shape index (κ1) is 29.9. The number of carbonyl (C=O) groups excluding carboxylic acids is 2. The number of hydrogen-bond donors (Lipinski definition) is 4. The molecule has 1 fully saturated rings. The molecule has 10 nitrogen and oxygen atoms in total. The summed E-state index contributed by atoms with van der Waals surface area (Å²) in [6.07, 6.45) is -2.50. The monoisotopic (exact) mass is 597 g/mol. The van der Waals surface area contributed by atoms with Crippen molar-refractivity contribution in [2.75, 3.05) is 48.1 Å². The van der Waals surface area contributed by atoms with E-state index in [1.54, 1.807) is 45.2 Å². The number of alkyl halides is 3. The van der Waals surface area contributed by atoms with E-state index in [1.165, 1.54) is 7.11 Å². The van der Waals surface area contributed by atoms with Crippen LogP contribution in [0.4, 0.5) is 42.0 Å². The fourth-order valence-electron chi connectivity index (χ4n) is 5.65. The van der Waals surface area contributed by atoms with Crippen LogP contribution >= 0.6 is 0 Å². The third-order valence-corrected chi connectivity index (χ3v) is 8.04. The number of anilines is 5. The summed E-state index contributed by atoms with van der Waals surface area (Å²) >= 11 is 0. The Morgan fingerprint density at radius 3 is 2.60 bits per heavy atom. The molecule has 0 spiro atoms. The predicted octanol–water partition coefficient (Wildman–Crippen LogP) is 5.05. The summed E-state index contributed by atoms with van der Waals surface area (Å²) in [4.78, 5) is 34.7. The molecule has 3 heterocycles. The zero-order valence-corrected chi connectivity index (χ0v) is 24.4. The van der Waals surface area contributed by atoms with E-state index < -0.39 is 23.0 Å². The van der Waals surface area contributed by atoms with Crippen LogP contribution in [0.15, 0.2) is 42.6 Å². The zero-order valence-electron chi connectivity index (χ0n) is 24.4. The minimum absolute atomic E-state index is 0.00965. The van der Waals surface area contributed by atoms with Crippen LogP contribution in [-0.2, 0) is 27.7 Å². The summed E-state index contributed by atoms with van der Waals surface area (Å²) in [6.45, 7) is 4.97. The Kier molecular flexibility index (Phi) is 8.08. The van der Waals surface area contributed by atoms with E-state index in [2.05, 4.69) is 36.1 Å². The first-order chi connectivity index (χ1) is 20.4. The standard InChI is InChI=1S/C30H34F3N7O3/c1-29(2)24-18(6-5-7-22(24)37-27(29)42)15-35-25-20(30(31,32)33)16-36-28(39-25)38-21-9-8-19(14-23(21)43-4)40-12-10-17(11-13-40)26(41)34-3/h5-9,14,16-17H,10-13,15H2,1-4H3,(H,34,41)(H,37,42)(H2,35,36,38,39). The topological polar surface area (TPSA) is 121 Å². The Labute approximate surface area is 247 Å². The molecule has 0 saturated carbocycles. The van der Waals surface area contributed by atoms with Gasteiger partial charge in [0.25, 0.3) is 0 Å². The number of ether oxygens (including phenoxy) is 1. The summed E-state index contributed by atoms with van der Waals surface area (Å²) < 4.78 is 47.3. The van der Waals surface area contributed by atoms with Gasteiger partial charge in [0.05, 0.1) is 18.2 Å². The predicted molar refractivity (Wildman–Crippen MR) is 158 cm³/mol. The Hall–Kier alpha value is -4.55. The van der Waals surface area contributed by atoms with Gasteiger partial charge in [0, 0.05) is 56.2 Å². The molecule has 2 amide bonds. The maximum atomic E-state index is 13.9. The second-order valence-corrected chi connectivity index (χ2v) is 11.1. The molecule has 2 aromatic carbocycles. The van der Waals surface area contributed by atoms with E-state index in [0.29, 0.717) is 35.8 Å². The minimum Gasteiger partial charge on any atom is -0.494 e. The van der Waals surface area contributed by atoms with Crippen LogP contribution in [0, 0.1) is 5.92 Å². The van der Waals surface area contributed by atoms with Crippen LogP contribution < -0.4 is 30.9 Å². The van der Waals surface area contributed by atoms with E-state index in [-0.39, 0.29) is 30.2 Å².